The number of hydrogen-bond acceptors (Lipinski definition) is 6. The van der Waals surface area contributed by atoms with Crippen molar-refractivity contribution >= 4 is 6.09 Å². The summed E-state index contributed by atoms with van der Waals surface area (Å²) in [7, 11) is 0. The molecule has 7 heteroatoms. The van der Waals surface area contributed by atoms with Gasteiger partial charge in [0.05, 0.1) is 6.04 Å². The minimum Gasteiger partial charge on any atom is -0.442 e. The molecule has 0 bridgehead atoms. The fraction of sp³-hybridized carbons (Fsp3) is 0.583. The van der Waals surface area contributed by atoms with Gasteiger partial charge in [0.2, 0.25) is 0 Å². The Morgan fingerprint density at radius 1 is 1.42 bits per heavy atom. The van der Waals surface area contributed by atoms with E-state index in [1.807, 2.05) is 0 Å². The van der Waals surface area contributed by atoms with Crippen LogP contribution >= 0.6 is 0 Å². The molecule has 0 spiro atoms. The minimum absolute atomic E-state index is 0.156. The molecule has 0 aliphatic heterocycles. The van der Waals surface area contributed by atoms with E-state index in [9.17, 15) is 10.0 Å². The second-order valence-corrected chi connectivity index (χ2v) is 5.02. The van der Waals surface area contributed by atoms with Gasteiger partial charge in [-0.1, -0.05) is 0 Å². The van der Waals surface area contributed by atoms with Crippen LogP contribution < -0.4 is 0 Å². The van der Waals surface area contributed by atoms with E-state index in [4.69, 9.17) is 9.84 Å². The van der Waals surface area contributed by atoms with Gasteiger partial charge in [0, 0.05) is 24.6 Å². The lowest BCUT2D eigenvalue weighted by Gasteiger charge is -2.28. The van der Waals surface area contributed by atoms with Crippen LogP contribution in [0, 0.1) is 0 Å². The topological polar surface area (TPSA) is 95.8 Å². The SMILES string of the molecule is CC(C)(C)OC(=O)N(O)C(CCO)c1cncnc1. The molecular weight excluding hydrogens is 250 g/mol. The standard InChI is InChI=1S/C12H19N3O4/c1-12(2,3)19-11(17)15(18)10(4-5-16)9-6-13-8-14-7-9/h6-8,10,16,18H,4-5H2,1-3H3. The number of aliphatic hydroxyl groups is 1. The number of ether oxygens (including phenoxy) is 1. The van der Waals surface area contributed by atoms with Crippen molar-refractivity contribution in [2.24, 2.45) is 0 Å². The molecule has 0 aliphatic rings. The first-order valence-electron chi connectivity index (χ1n) is 5.92. The average Bonchev–Trinajstić information content (AvgIpc) is 2.34. The van der Waals surface area contributed by atoms with E-state index < -0.39 is 17.7 Å². The van der Waals surface area contributed by atoms with Gasteiger partial charge in [0.25, 0.3) is 0 Å². The highest BCUT2D eigenvalue weighted by molar-refractivity contribution is 5.67. The highest BCUT2D eigenvalue weighted by atomic mass is 16.6. The van der Waals surface area contributed by atoms with Crippen LogP contribution in [0.15, 0.2) is 18.7 Å². The Morgan fingerprint density at radius 2 is 2.00 bits per heavy atom. The molecule has 1 heterocycles. The zero-order chi connectivity index (χ0) is 14.5. The van der Waals surface area contributed by atoms with Crippen LogP contribution in [0.4, 0.5) is 4.79 Å². The van der Waals surface area contributed by atoms with Crippen molar-refractivity contribution in [1.29, 1.82) is 0 Å². The largest absolute Gasteiger partial charge is 0.442 e. The molecule has 1 atom stereocenters. The summed E-state index contributed by atoms with van der Waals surface area (Å²) in [5.74, 6) is 0. The number of rotatable bonds is 4. The van der Waals surface area contributed by atoms with Crippen LogP contribution in [0.2, 0.25) is 0 Å². The minimum atomic E-state index is -0.880. The molecule has 106 valence electrons. The molecule has 0 saturated carbocycles. The van der Waals surface area contributed by atoms with Gasteiger partial charge in [-0.2, -0.15) is 5.06 Å². The molecule has 7 nitrogen and oxygen atoms in total. The van der Waals surface area contributed by atoms with E-state index in [0.29, 0.717) is 10.6 Å². The van der Waals surface area contributed by atoms with Gasteiger partial charge in [0.15, 0.2) is 0 Å². The zero-order valence-corrected chi connectivity index (χ0v) is 11.3. The summed E-state index contributed by atoms with van der Waals surface area (Å²) < 4.78 is 5.06. The normalized spacial score (nSPS) is 12.9. The predicted octanol–water partition coefficient (Wildman–Crippen LogP) is 1.53. The fourth-order valence-electron chi connectivity index (χ4n) is 1.47. The number of amides is 1. The van der Waals surface area contributed by atoms with Gasteiger partial charge in [-0.05, 0) is 27.2 Å². The Hall–Kier alpha value is -1.73. The maximum Gasteiger partial charge on any atom is 0.434 e. The molecule has 1 unspecified atom stereocenters. The van der Waals surface area contributed by atoms with Crippen LogP contribution in [0.25, 0.3) is 0 Å². The van der Waals surface area contributed by atoms with E-state index >= 15 is 0 Å². The molecule has 0 aromatic carbocycles. The van der Waals surface area contributed by atoms with E-state index in [-0.39, 0.29) is 13.0 Å². The van der Waals surface area contributed by atoms with Gasteiger partial charge in [0.1, 0.15) is 11.9 Å². The first-order chi connectivity index (χ1) is 8.85. The number of nitrogens with zero attached hydrogens (tertiary/aromatic N) is 3. The van der Waals surface area contributed by atoms with Gasteiger partial charge in [-0.15, -0.1) is 0 Å². The molecule has 0 aliphatic carbocycles. The summed E-state index contributed by atoms with van der Waals surface area (Å²) in [6, 6.07) is -0.749. The van der Waals surface area contributed by atoms with Crippen molar-refractivity contribution in [1.82, 2.24) is 15.0 Å². The molecule has 0 radical (unpaired) electrons. The van der Waals surface area contributed by atoms with Crippen molar-refractivity contribution in [2.45, 2.75) is 38.8 Å². The van der Waals surface area contributed by atoms with Crippen molar-refractivity contribution in [3.05, 3.63) is 24.3 Å². The molecule has 2 N–H and O–H groups in total. The van der Waals surface area contributed by atoms with Crippen LogP contribution in [-0.2, 0) is 4.74 Å². The lowest BCUT2D eigenvalue weighted by Crippen LogP contribution is -2.37. The Bertz CT molecular complexity index is 405. The Morgan fingerprint density at radius 3 is 2.47 bits per heavy atom. The first kappa shape index (κ1) is 15.3. The quantitative estimate of drug-likeness (QED) is 0.635. The molecule has 1 aromatic heterocycles. The molecule has 1 amide bonds. The molecule has 1 aromatic rings. The number of aliphatic hydroxyl groups excluding tert-OH is 1. The second kappa shape index (κ2) is 6.44. The maximum absolute atomic E-state index is 11.8. The zero-order valence-electron chi connectivity index (χ0n) is 11.3. The van der Waals surface area contributed by atoms with Crippen LogP contribution in [0.1, 0.15) is 38.8 Å². The monoisotopic (exact) mass is 269 g/mol. The van der Waals surface area contributed by atoms with E-state index in [0.717, 1.165) is 0 Å². The number of carbonyl (C=O) groups is 1. The predicted molar refractivity (Wildman–Crippen MR) is 66.3 cm³/mol. The summed E-state index contributed by atoms with van der Waals surface area (Å²) in [6.45, 7) is 4.90. The number of hydrogen-bond donors (Lipinski definition) is 2. The van der Waals surface area contributed by atoms with Crippen molar-refractivity contribution in [3.8, 4) is 0 Å². The first-order valence-corrected chi connectivity index (χ1v) is 5.92. The van der Waals surface area contributed by atoms with Gasteiger partial charge < -0.3 is 9.84 Å². The van der Waals surface area contributed by atoms with Gasteiger partial charge in [-0.25, -0.2) is 14.8 Å². The van der Waals surface area contributed by atoms with Crippen LogP contribution in [-0.4, -0.2) is 43.6 Å². The Labute approximate surface area is 111 Å². The maximum atomic E-state index is 11.8. The van der Waals surface area contributed by atoms with Crippen LogP contribution in [0.3, 0.4) is 0 Å². The lowest BCUT2D eigenvalue weighted by atomic mass is 10.1. The summed E-state index contributed by atoms with van der Waals surface area (Å²) in [4.78, 5) is 19.4. The third kappa shape index (κ3) is 4.80. The van der Waals surface area contributed by atoms with Gasteiger partial charge >= 0.3 is 6.09 Å². The van der Waals surface area contributed by atoms with Crippen molar-refractivity contribution in [2.75, 3.05) is 6.61 Å². The van der Waals surface area contributed by atoms with Gasteiger partial charge in [-0.3, -0.25) is 5.21 Å². The molecule has 0 saturated heterocycles. The molecule has 0 fully saturated rings. The highest BCUT2D eigenvalue weighted by Crippen LogP contribution is 2.23. The average molecular weight is 269 g/mol. The summed E-state index contributed by atoms with van der Waals surface area (Å²) in [6.07, 6.45) is 3.56. The Kier molecular flexibility index (Phi) is 5.20. The molecule has 19 heavy (non-hydrogen) atoms. The number of aromatic nitrogens is 2. The summed E-state index contributed by atoms with van der Waals surface area (Å²) in [5, 5.41) is 19.4. The van der Waals surface area contributed by atoms with E-state index in [1.165, 1.54) is 18.7 Å². The number of carbonyl (C=O) groups excluding carboxylic acids is 1. The number of hydroxylamine groups is 2. The molecular formula is C12H19N3O4. The van der Waals surface area contributed by atoms with Crippen LogP contribution in [0.5, 0.6) is 0 Å². The van der Waals surface area contributed by atoms with Crippen molar-refractivity contribution in [3.63, 3.8) is 0 Å². The smallest absolute Gasteiger partial charge is 0.434 e. The molecule has 1 rings (SSSR count). The second-order valence-electron chi connectivity index (χ2n) is 5.02. The van der Waals surface area contributed by atoms with E-state index in [2.05, 4.69) is 9.97 Å². The third-order valence-electron chi connectivity index (χ3n) is 2.24. The third-order valence-corrected chi connectivity index (χ3v) is 2.24. The fourth-order valence-corrected chi connectivity index (χ4v) is 1.47. The Balaban J connectivity index is 2.85. The lowest BCUT2D eigenvalue weighted by molar-refractivity contribution is -0.125. The van der Waals surface area contributed by atoms with Crippen molar-refractivity contribution < 1.29 is 19.8 Å². The highest BCUT2D eigenvalue weighted by Gasteiger charge is 2.28. The summed E-state index contributed by atoms with van der Waals surface area (Å²) in [5.41, 5.74) is -0.195. The summed E-state index contributed by atoms with van der Waals surface area (Å²) >= 11 is 0. The van der Waals surface area contributed by atoms with E-state index in [1.54, 1.807) is 20.8 Å².